The molecule has 4 rings (SSSR count). The number of hydrogen-bond acceptors (Lipinski definition) is 5. The van der Waals surface area contributed by atoms with Crippen molar-refractivity contribution in [2.75, 3.05) is 13.2 Å². The van der Waals surface area contributed by atoms with Gasteiger partial charge in [0.05, 0.1) is 24.3 Å². The molecule has 3 heterocycles. The maximum atomic E-state index is 12.4. The lowest BCUT2D eigenvalue weighted by atomic mass is 9.99. The van der Waals surface area contributed by atoms with Crippen LogP contribution in [0.15, 0.2) is 41.2 Å². The quantitative estimate of drug-likeness (QED) is 0.714. The van der Waals surface area contributed by atoms with Gasteiger partial charge in [0.25, 0.3) is 0 Å². The molecule has 130 valence electrons. The molecule has 1 unspecified atom stereocenters. The number of rotatable bonds is 5. The van der Waals surface area contributed by atoms with E-state index in [-0.39, 0.29) is 12.6 Å². The first kappa shape index (κ1) is 16.0. The van der Waals surface area contributed by atoms with Crippen LogP contribution in [0, 0.1) is 0 Å². The van der Waals surface area contributed by atoms with Crippen LogP contribution < -0.4 is 0 Å². The molecule has 7 heteroatoms. The van der Waals surface area contributed by atoms with E-state index in [0.29, 0.717) is 11.7 Å². The normalized spacial score (nSPS) is 15.9. The van der Waals surface area contributed by atoms with E-state index in [4.69, 9.17) is 4.52 Å². The van der Waals surface area contributed by atoms with Crippen LogP contribution in [0.4, 0.5) is 4.39 Å². The zero-order valence-corrected chi connectivity index (χ0v) is 14.1. The van der Waals surface area contributed by atoms with Crippen LogP contribution in [0.25, 0.3) is 11.4 Å². The number of aryl methyl sites for hydroxylation is 1. The maximum Gasteiger partial charge on any atom is 0.244 e. The summed E-state index contributed by atoms with van der Waals surface area (Å²) in [5.74, 6) is 1.08. The van der Waals surface area contributed by atoms with Gasteiger partial charge in [-0.1, -0.05) is 29.4 Å². The van der Waals surface area contributed by atoms with Crippen molar-refractivity contribution in [2.45, 2.75) is 32.5 Å². The molecule has 0 bridgehead atoms. The van der Waals surface area contributed by atoms with E-state index in [9.17, 15) is 4.39 Å². The Morgan fingerprint density at radius 1 is 1.28 bits per heavy atom. The lowest BCUT2D eigenvalue weighted by Gasteiger charge is -2.31. The third-order valence-electron chi connectivity index (χ3n) is 4.71. The average Bonchev–Trinajstić information content (AvgIpc) is 3.30. The third kappa shape index (κ3) is 3.19. The van der Waals surface area contributed by atoms with Crippen molar-refractivity contribution < 1.29 is 8.91 Å². The minimum atomic E-state index is -0.452. The second-order valence-corrected chi connectivity index (χ2v) is 6.30. The Bertz CT molecular complexity index is 859. The van der Waals surface area contributed by atoms with E-state index in [1.807, 2.05) is 0 Å². The summed E-state index contributed by atoms with van der Waals surface area (Å²) in [5, 5.41) is 8.16. The molecule has 0 N–H and O–H groups in total. The molecule has 25 heavy (non-hydrogen) atoms. The fourth-order valence-electron chi connectivity index (χ4n) is 3.21. The van der Waals surface area contributed by atoms with E-state index >= 15 is 0 Å². The van der Waals surface area contributed by atoms with Crippen molar-refractivity contribution >= 4 is 0 Å². The van der Waals surface area contributed by atoms with Gasteiger partial charge in [0.15, 0.2) is 0 Å². The number of halogens is 1. The molecule has 6 nitrogen and oxygen atoms in total. The Hall–Kier alpha value is -2.54. The smallest absolute Gasteiger partial charge is 0.244 e. The summed E-state index contributed by atoms with van der Waals surface area (Å²) < 4.78 is 19.4. The molecule has 0 spiro atoms. The van der Waals surface area contributed by atoms with E-state index < -0.39 is 6.67 Å². The number of fused-ring (bicyclic) bond motifs is 1. The number of aromatic nitrogens is 4. The first-order valence-electron chi connectivity index (χ1n) is 8.48. The Morgan fingerprint density at radius 2 is 2.12 bits per heavy atom. The standard InChI is InChI=1S/C18H20FN5O/c1-13(23-8-6-14-4-2-3-5-15(14)11-23)18-21-17(22-25-18)16-10-20-24(12-16)9-7-19/h2-5,10,12-13H,6-9,11H2,1H3. The Morgan fingerprint density at radius 3 is 2.96 bits per heavy atom. The van der Waals surface area contributed by atoms with Crippen molar-refractivity contribution in [2.24, 2.45) is 0 Å². The molecule has 0 aliphatic carbocycles. The monoisotopic (exact) mass is 341 g/mol. The average molecular weight is 341 g/mol. The van der Waals surface area contributed by atoms with Crippen LogP contribution in [-0.4, -0.2) is 38.0 Å². The topological polar surface area (TPSA) is 60.0 Å². The summed E-state index contributed by atoms with van der Waals surface area (Å²) in [7, 11) is 0. The summed E-state index contributed by atoms with van der Waals surface area (Å²) in [6, 6.07) is 8.57. The van der Waals surface area contributed by atoms with E-state index in [0.717, 1.165) is 25.1 Å². The zero-order chi connectivity index (χ0) is 17.2. The van der Waals surface area contributed by atoms with Crippen molar-refractivity contribution in [3.8, 4) is 11.4 Å². The number of alkyl halides is 1. The van der Waals surface area contributed by atoms with Crippen molar-refractivity contribution in [1.82, 2.24) is 24.8 Å². The van der Waals surface area contributed by atoms with Crippen LogP contribution in [0.1, 0.15) is 30.0 Å². The third-order valence-corrected chi connectivity index (χ3v) is 4.71. The molecule has 2 aromatic heterocycles. The molecule has 1 aliphatic rings. The van der Waals surface area contributed by atoms with Gasteiger partial charge < -0.3 is 4.52 Å². The summed E-state index contributed by atoms with van der Waals surface area (Å²) in [6.45, 7) is 3.70. The van der Waals surface area contributed by atoms with Gasteiger partial charge in [0.2, 0.25) is 11.7 Å². The van der Waals surface area contributed by atoms with Gasteiger partial charge in [-0.3, -0.25) is 9.58 Å². The maximum absolute atomic E-state index is 12.4. The molecule has 0 fully saturated rings. The van der Waals surface area contributed by atoms with E-state index in [1.165, 1.54) is 15.8 Å². The summed E-state index contributed by atoms with van der Waals surface area (Å²) in [6.07, 6.45) is 4.39. The summed E-state index contributed by atoms with van der Waals surface area (Å²) in [4.78, 5) is 6.86. The van der Waals surface area contributed by atoms with Gasteiger partial charge in [0.1, 0.15) is 6.67 Å². The largest absolute Gasteiger partial charge is 0.337 e. The van der Waals surface area contributed by atoms with Gasteiger partial charge in [-0.15, -0.1) is 0 Å². The number of benzene rings is 1. The van der Waals surface area contributed by atoms with Crippen molar-refractivity contribution in [3.63, 3.8) is 0 Å². The highest BCUT2D eigenvalue weighted by Crippen LogP contribution is 2.27. The van der Waals surface area contributed by atoms with E-state index in [1.54, 1.807) is 12.4 Å². The van der Waals surface area contributed by atoms with E-state index in [2.05, 4.69) is 51.3 Å². The number of nitrogens with zero attached hydrogens (tertiary/aromatic N) is 5. The molecule has 0 saturated carbocycles. The predicted octanol–water partition coefficient (Wildman–Crippen LogP) is 3.02. The Kier molecular flexibility index (Phi) is 4.31. The first-order valence-corrected chi connectivity index (χ1v) is 8.48. The SMILES string of the molecule is CC(c1nc(-c2cnn(CCF)c2)no1)N1CCc2ccccc2C1. The van der Waals surface area contributed by atoms with Gasteiger partial charge in [-0.05, 0) is 24.5 Å². The second-order valence-electron chi connectivity index (χ2n) is 6.30. The summed E-state index contributed by atoms with van der Waals surface area (Å²) >= 11 is 0. The van der Waals surface area contributed by atoms with Gasteiger partial charge in [0, 0.05) is 19.3 Å². The second kappa shape index (κ2) is 6.76. The molecular formula is C18H20FN5O. The summed E-state index contributed by atoms with van der Waals surface area (Å²) in [5.41, 5.74) is 3.50. The lowest BCUT2D eigenvalue weighted by molar-refractivity contribution is 0.158. The molecule has 0 saturated heterocycles. The van der Waals surface area contributed by atoms with Crippen LogP contribution in [0.5, 0.6) is 0 Å². The zero-order valence-electron chi connectivity index (χ0n) is 14.1. The Balaban J connectivity index is 1.50. The molecule has 1 aromatic carbocycles. The highest BCUT2D eigenvalue weighted by Gasteiger charge is 2.25. The van der Waals surface area contributed by atoms with Crippen LogP contribution in [0.3, 0.4) is 0 Å². The van der Waals surface area contributed by atoms with Gasteiger partial charge in [-0.25, -0.2) is 4.39 Å². The molecule has 1 atom stereocenters. The minimum absolute atomic E-state index is 0.0375. The number of hydrogen-bond donors (Lipinski definition) is 0. The van der Waals surface area contributed by atoms with Crippen molar-refractivity contribution in [1.29, 1.82) is 0 Å². The van der Waals surface area contributed by atoms with Gasteiger partial charge in [-0.2, -0.15) is 10.1 Å². The first-order chi connectivity index (χ1) is 12.2. The Labute approximate surface area is 145 Å². The lowest BCUT2D eigenvalue weighted by Crippen LogP contribution is -2.33. The molecular weight excluding hydrogens is 321 g/mol. The molecule has 1 aliphatic heterocycles. The highest BCUT2D eigenvalue weighted by atomic mass is 19.1. The van der Waals surface area contributed by atoms with Crippen molar-refractivity contribution in [3.05, 3.63) is 53.7 Å². The van der Waals surface area contributed by atoms with Crippen LogP contribution in [0.2, 0.25) is 0 Å². The molecule has 0 radical (unpaired) electrons. The fourth-order valence-corrected chi connectivity index (χ4v) is 3.21. The van der Waals surface area contributed by atoms with Crippen LogP contribution in [-0.2, 0) is 19.5 Å². The fraction of sp³-hybridized carbons (Fsp3) is 0.389. The molecule has 3 aromatic rings. The van der Waals surface area contributed by atoms with Crippen LogP contribution >= 0.6 is 0 Å². The minimum Gasteiger partial charge on any atom is -0.337 e. The van der Waals surface area contributed by atoms with Gasteiger partial charge >= 0.3 is 0 Å². The highest BCUT2D eigenvalue weighted by molar-refractivity contribution is 5.51. The predicted molar refractivity (Wildman–Crippen MR) is 90.5 cm³/mol. The molecule has 0 amide bonds.